The van der Waals surface area contributed by atoms with E-state index in [0.717, 1.165) is 49.3 Å². The Labute approximate surface area is 176 Å². The number of allylic oxidation sites excluding steroid dienone is 1. The number of hydrogen-bond donors (Lipinski definition) is 0. The summed E-state index contributed by atoms with van der Waals surface area (Å²) in [6.07, 6.45) is 11.0. The Morgan fingerprint density at radius 3 is 2.13 bits per heavy atom. The molecule has 2 aliphatic carbocycles. The van der Waals surface area contributed by atoms with Crippen LogP contribution in [-0.4, -0.2) is 0 Å². The lowest BCUT2D eigenvalue weighted by Crippen LogP contribution is -2.14. The fourth-order valence-corrected chi connectivity index (χ4v) is 5.10. The van der Waals surface area contributed by atoms with E-state index in [4.69, 9.17) is 0 Å². The minimum atomic E-state index is -0.951. The number of benzene rings is 2. The zero-order chi connectivity index (χ0) is 21.3. The highest BCUT2D eigenvalue weighted by atomic mass is 19.2. The van der Waals surface area contributed by atoms with Gasteiger partial charge in [-0.05, 0) is 90.5 Å². The Morgan fingerprint density at radius 1 is 0.800 bits per heavy atom. The molecule has 0 bridgehead atoms. The van der Waals surface area contributed by atoms with Gasteiger partial charge < -0.3 is 0 Å². The van der Waals surface area contributed by atoms with Crippen LogP contribution in [0.5, 0.6) is 0 Å². The molecule has 0 radical (unpaired) electrons. The molecular weight excluding hydrogens is 388 g/mol. The fourth-order valence-electron chi connectivity index (χ4n) is 5.10. The molecule has 0 saturated heterocycles. The molecule has 0 atom stereocenters. The molecular formula is C26H28F4. The van der Waals surface area contributed by atoms with Crippen LogP contribution in [0.4, 0.5) is 17.6 Å². The van der Waals surface area contributed by atoms with Crippen LogP contribution in [0.3, 0.4) is 0 Å². The standard InChI is InChI=1S/C26H28F4/c1-2-3-4-5-16-6-8-17(9-7-16)20-14-24(29)26(25(30)15-20)21-10-18-12-22(27)23(28)13-19(18)11-21/h10,12-17H,2-9,11H2,1H3. The average molecular weight is 417 g/mol. The van der Waals surface area contributed by atoms with Crippen LogP contribution in [0.25, 0.3) is 11.6 Å². The minimum absolute atomic E-state index is 0.0796. The highest BCUT2D eigenvalue weighted by molar-refractivity contribution is 5.89. The van der Waals surface area contributed by atoms with Crippen molar-refractivity contribution in [3.8, 4) is 0 Å². The van der Waals surface area contributed by atoms with Crippen molar-refractivity contribution in [2.75, 3.05) is 0 Å². The van der Waals surface area contributed by atoms with Crippen LogP contribution in [0, 0.1) is 29.2 Å². The number of rotatable bonds is 6. The first-order chi connectivity index (χ1) is 14.5. The summed E-state index contributed by atoms with van der Waals surface area (Å²) >= 11 is 0. The third kappa shape index (κ3) is 4.33. The van der Waals surface area contributed by atoms with E-state index in [1.54, 1.807) is 6.08 Å². The van der Waals surface area contributed by atoms with Gasteiger partial charge in [0.2, 0.25) is 0 Å². The number of unbranched alkanes of at least 4 members (excludes halogenated alkanes) is 2. The lowest BCUT2D eigenvalue weighted by molar-refractivity contribution is 0.302. The predicted octanol–water partition coefficient (Wildman–Crippen LogP) is 8.19. The van der Waals surface area contributed by atoms with Gasteiger partial charge >= 0.3 is 0 Å². The van der Waals surface area contributed by atoms with E-state index in [2.05, 4.69) is 6.92 Å². The monoisotopic (exact) mass is 416 g/mol. The lowest BCUT2D eigenvalue weighted by atomic mass is 9.76. The number of fused-ring (bicyclic) bond motifs is 1. The quantitative estimate of drug-likeness (QED) is 0.329. The second-order valence-electron chi connectivity index (χ2n) is 8.88. The van der Waals surface area contributed by atoms with E-state index in [1.807, 2.05) is 0 Å². The molecule has 0 amide bonds. The van der Waals surface area contributed by atoms with Crippen molar-refractivity contribution in [2.24, 2.45) is 5.92 Å². The molecule has 4 rings (SSSR count). The van der Waals surface area contributed by atoms with Crippen LogP contribution in [0.2, 0.25) is 0 Å². The summed E-state index contributed by atoms with van der Waals surface area (Å²) in [6.45, 7) is 2.21. The molecule has 0 aliphatic heterocycles. The second kappa shape index (κ2) is 8.95. The second-order valence-corrected chi connectivity index (χ2v) is 8.88. The van der Waals surface area contributed by atoms with Gasteiger partial charge in [-0.1, -0.05) is 38.7 Å². The number of halogens is 4. The van der Waals surface area contributed by atoms with E-state index in [9.17, 15) is 17.6 Å². The molecule has 0 N–H and O–H groups in total. The minimum Gasteiger partial charge on any atom is -0.206 e. The topological polar surface area (TPSA) is 0 Å². The highest BCUT2D eigenvalue weighted by Crippen LogP contribution is 2.40. The normalized spacial score (nSPS) is 20.9. The van der Waals surface area contributed by atoms with Crippen molar-refractivity contribution in [3.63, 3.8) is 0 Å². The van der Waals surface area contributed by atoms with Gasteiger partial charge in [-0.3, -0.25) is 0 Å². The first kappa shape index (κ1) is 21.1. The van der Waals surface area contributed by atoms with Crippen molar-refractivity contribution < 1.29 is 17.6 Å². The van der Waals surface area contributed by atoms with Crippen molar-refractivity contribution in [2.45, 2.75) is 70.6 Å². The van der Waals surface area contributed by atoms with Crippen LogP contribution >= 0.6 is 0 Å². The van der Waals surface area contributed by atoms with Crippen LogP contribution in [-0.2, 0) is 6.42 Å². The van der Waals surface area contributed by atoms with Gasteiger partial charge in [-0.15, -0.1) is 0 Å². The van der Waals surface area contributed by atoms with Gasteiger partial charge in [-0.25, -0.2) is 17.6 Å². The van der Waals surface area contributed by atoms with E-state index >= 15 is 0 Å². The predicted molar refractivity (Wildman–Crippen MR) is 113 cm³/mol. The van der Waals surface area contributed by atoms with Crippen molar-refractivity contribution in [1.29, 1.82) is 0 Å². The molecule has 2 aromatic carbocycles. The Morgan fingerprint density at radius 2 is 1.47 bits per heavy atom. The van der Waals surface area contributed by atoms with Gasteiger partial charge in [-0.2, -0.15) is 0 Å². The van der Waals surface area contributed by atoms with E-state index in [1.165, 1.54) is 37.8 Å². The molecule has 1 fully saturated rings. The molecule has 0 unspecified atom stereocenters. The lowest BCUT2D eigenvalue weighted by Gasteiger charge is -2.29. The van der Waals surface area contributed by atoms with Gasteiger partial charge in [0, 0.05) is 5.56 Å². The molecule has 4 heteroatoms. The van der Waals surface area contributed by atoms with E-state index in [-0.39, 0.29) is 17.9 Å². The summed E-state index contributed by atoms with van der Waals surface area (Å²) in [5.41, 5.74) is 2.11. The first-order valence-electron chi connectivity index (χ1n) is 11.1. The largest absolute Gasteiger partial charge is 0.206 e. The molecule has 30 heavy (non-hydrogen) atoms. The summed E-state index contributed by atoms with van der Waals surface area (Å²) < 4.78 is 56.9. The maximum absolute atomic E-state index is 15.0. The summed E-state index contributed by atoms with van der Waals surface area (Å²) in [7, 11) is 0. The smallest absolute Gasteiger partial charge is 0.159 e. The van der Waals surface area contributed by atoms with Crippen molar-refractivity contribution in [1.82, 2.24) is 0 Å². The third-order valence-electron chi connectivity index (χ3n) is 6.81. The van der Waals surface area contributed by atoms with Crippen LogP contribution in [0.15, 0.2) is 24.3 Å². The molecule has 0 heterocycles. The van der Waals surface area contributed by atoms with Crippen LogP contribution in [0.1, 0.15) is 86.5 Å². The Balaban J connectivity index is 1.48. The Kier molecular flexibility index (Phi) is 6.31. The van der Waals surface area contributed by atoms with E-state index < -0.39 is 23.3 Å². The Bertz CT molecular complexity index is 929. The molecule has 2 aromatic rings. The summed E-state index contributed by atoms with van der Waals surface area (Å²) in [4.78, 5) is 0. The fraction of sp³-hybridized carbons (Fsp3) is 0.462. The molecule has 0 nitrogen and oxygen atoms in total. The molecule has 160 valence electrons. The van der Waals surface area contributed by atoms with Gasteiger partial charge in [0.15, 0.2) is 11.6 Å². The van der Waals surface area contributed by atoms with Crippen LogP contribution < -0.4 is 0 Å². The summed E-state index contributed by atoms with van der Waals surface area (Å²) in [5, 5.41) is 0. The first-order valence-corrected chi connectivity index (χ1v) is 11.1. The third-order valence-corrected chi connectivity index (χ3v) is 6.81. The average Bonchev–Trinajstić information content (AvgIpc) is 3.10. The number of hydrogen-bond acceptors (Lipinski definition) is 0. The SMILES string of the molecule is CCCCCC1CCC(c2cc(F)c(C3=Cc4cc(F)c(F)cc4C3)c(F)c2)CC1. The molecule has 0 spiro atoms. The van der Waals surface area contributed by atoms with Crippen molar-refractivity contribution in [3.05, 3.63) is 69.8 Å². The van der Waals surface area contributed by atoms with Gasteiger partial charge in [0.25, 0.3) is 0 Å². The summed E-state index contributed by atoms with van der Waals surface area (Å²) in [5.74, 6) is -2.13. The molecule has 0 aromatic heterocycles. The zero-order valence-electron chi connectivity index (χ0n) is 17.4. The maximum Gasteiger partial charge on any atom is 0.159 e. The van der Waals surface area contributed by atoms with Gasteiger partial charge in [0.1, 0.15) is 11.6 Å². The summed E-state index contributed by atoms with van der Waals surface area (Å²) in [6, 6.07) is 5.12. The van der Waals surface area contributed by atoms with Gasteiger partial charge in [0.05, 0.1) is 0 Å². The van der Waals surface area contributed by atoms with Crippen molar-refractivity contribution >= 4 is 11.6 Å². The highest BCUT2D eigenvalue weighted by Gasteiger charge is 2.26. The zero-order valence-corrected chi connectivity index (χ0v) is 17.4. The maximum atomic E-state index is 15.0. The van der Waals surface area contributed by atoms with E-state index in [0.29, 0.717) is 16.7 Å². The Hall–Kier alpha value is -2.10. The molecule has 1 saturated carbocycles. The molecule has 2 aliphatic rings.